The summed E-state index contributed by atoms with van der Waals surface area (Å²) in [5.74, 6) is -1.06. The number of nitrogens with zero attached hydrogens (tertiary/aromatic N) is 2. The van der Waals surface area contributed by atoms with Gasteiger partial charge < -0.3 is 4.84 Å². The van der Waals surface area contributed by atoms with E-state index in [0.29, 0.717) is 5.75 Å². The van der Waals surface area contributed by atoms with E-state index in [1.165, 1.54) is 13.3 Å². The molecular weight excluding hydrogens is 241 g/mol. The first-order valence-corrected chi connectivity index (χ1v) is 6.01. The summed E-state index contributed by atoms with van der Waals surface area (Å²) in [7, 11) is 0.554. The topological polar surface area (TPSA) is 34.0 Å². The fourth-order valence-electron chi connectivity index (χ4n) is 1.05. The van der Waals surface area contributed by atoms with E-state index in [1.807, 2.05) is 0 Å². The van der Waals surface area contributed by atoms with Gasteiger partial charge in [0.1, 0.15) is 7.11 Å². The van der Waals surface area contributed by atoms with Gasteiger partial charge in [0.2, 0.25) is 0 Å². The Hall–Kier alpha value is -1.24. The summed E-state index contributed by atoms with van der Waals surface area (Å²) in [4.78, 5) is 9.17. The molecule has 3 nitrogen and oxygen atoms in total. The van der Waals surface area contributed by atoms with E-state index in [0.717, 1.165) is 4.91 Å². The zero-order valence-electron chi connectivity index (χ0n) is 8.53. The molecular formula is C9H11F3N2OS. The number of rotatable bonds is 5. The fraction of sp³-hybridized carbons (Fsp3) is 0.333. The molecule has 0 fully saturated rings. The highest BCUT2D eigenvalue weighted by molar-refractivity contribution is 8.32. The second kappa shape index (κ2) is 6.37. The Bertz CT molecular complexity index is 362. The van der Waals surface area contributed by atoms with Gasteiger partial charge in [0.25, 0.3) is 0 Å². The molecule has 0 saturated heterocycles. The SMILES string of the molecule is CO/N=C\C1=CN=C[SH]1CCC(F)=C(F)F. The third kappa shape index (κ3) is 3.73. The van der Waals surface area contributed by atoms with Crippen LogP contribution < -0.4 is 0 Å². The highest BCUT2D eigenvalue weighted by atomic mass is 32.2. The maximum absolute atomic E-state index is 12.6. The molecule has 1 aliphatic rings. The maximum Gasteiger partial charge on any atom is 0.301 e. The van der Waals surface area contributed by atoms with Crippen LogP contribution in [0, 0.1) is 0 Å². The quantitative estimate of drug-likeness (QED) is 0.455. The van der Waals surface area contributed by atoms with Crippen molar-refractivity contribution in [3.8, 4) is 0 Å². The van der Waals surface area contributed by atoms with Crippen molar-refractivity contribution in [3.63, 3.8) is 0 Å². The van der Waals surface area contributed by atoms with Crippen molar-refractivity contribution in [2.75, 3.05) is 12.9 Å². The monoisotopic (exact) mass is 252 g/mol. The molecule has 0 spiro atoms. The van der Waals surface area contributed by atoms with Crippen LogP contribution in [0.5, 0.6) is 0 Å². The Kier molecular flexibility index (Phi) is 5.10. The van der Waals surface area contributed by atoms with Crippen molar-refractivity contribution in [1.82, 2.24) is 0 Å². The number of hydrogen-bond acceptors (Lipinski definition) is 3. The molecule has 0 aliphatic carbocycles. The van der Waals surface area contributed by atoms with Crippen LogP contribution in [-0.4, -0.2) is 24.6 Å². The number of oxime groups is 1. The van der Waals surface area contributed by atoms with Gasteiger partial charge in [-0.25, -0.2) is 4.39 Å². The molecule has 16 heavy (non-hydrogen) atoms. The summed E-state index contributed by atoms with van der Waals surface area (Å²) in [6.07, 6.45) is 0.508. The van der Waals surface area contributed by atoms with Crippen LogP contribution in [0.2, 0.25) is 0 Å². The van der Waals surface area contributed by atoms with Crippen LogP contribution >= 0.6 is 10.9 Å². The lowest BCUT2D eigenvalue weighted by atomic mass is 10.4. The molecule has 1 rings (SSSR count). The smallest absolute Gasteiger partial charge is 0.301 e. The molecule has 0 aromatic carbocycles. The minimum atomic E-state index is -2.25. The lowest BCUT2D eigenvalue weighted by molar-refractivity contribution is 0.215. The zero-order chi connectivity index (χ0) is 12.0. The first-order valence-electron chi connectivity index (χ1n) is 4.41. The van der Waals surface area contributed by atoms with Crippen molar-refractivity contribution < 1.29 is 18.0 Å². The molecule has 90 valence electrons. The third-order valence-electron chi connectivity index (χ3n) is 1.81. The molecule has 0 aromatic heterocycles. The van der Waals surface area contributed by atoms with Crippen molar-refractivity contribution >= 4 is 22.7 Å². The van der Waals surface area contributed by atoms with E-state index in [1.54, 1.807) is 11.7 Å². The Balaban J connectivity index is 2.49. The number of hydrogen-bond donors (Lipinski definition) is 1. The average Bonchev–Trinajstić information content (AvgIpc) is 2.70. The van der Waals surface area contributed by atoms with Gasteiger partial charge in [-0.1, -0.05) is 5.16 Å². The van der Waals surface area contributed by atoms with E-state index in [4.69, 9.17) is 0 Å². The predicted molar refractivity (Wildman–Crippen MR) is 60.9 cm³/mol. The lowest BCUT2D eigenvalue weighted by Crippen LogP contribution is -1.94. The molecule has 7 heteroatoms. The van der Waals surface area contributed by atoms with Gasteiger partial charge in [-0.3, -0.25) is 4.99 Å². The Morgan fingerprint density at radius 2 is 2.31 bits per heavy atom. The standard InChI is InChI=1S/C9H11F3N2OS/c1-15-14-5-7-4-13-6-16(7)3-2-8(10)9(11)12/h4-6,16H,2-3H2,1H3/b14-5-. The van der Waals surface area contributed by atoms with Gasteiger partial charge in [0.05, 0.1) is 6.21 Å². The van der Waals surface area contributed by atoms with E-state index in [-0.39, 0.29) is 6.42 Å². The number of halogens is 3. The minimum Gasteiger partial charge on any atom is -0.399 e. The largest absolute Gasteiger partial charge is 0.399 e. The summed E-state index contributed by atoms with van der Waals surface area (Å²) >= 11 is 0. The van der Waals surface area contributed by atoms with E-state index in [9.17, 15) is 13.2 Å². The molecule has 1 unspecified atom stereocenters. The maximum atomic E-state index is 12.6. The first kappa shape index (κ1) is 12.8. The van der Waals surface area contributed by atoms with Crippen LogP contribution in [0.1, 0.15) is 6.42 Å². The molecule has 0 bridgehead atoms. The highest BCUT2D eigenvalue weighted by Gasteiger charge is 2.13. The Morgan fingerprint density at radius 3 is 2.94 bits per heavy atom. The van der Waals surface area contributed by atoms with Crippen LogP contribution in [0.4, 0.5) is 13.2 Å². The van der Waals surface area contributed by atoms with Gasteiger partial charge in [-0.15, -0.1) is 0 Å². The first-order chi connectivity index (χ1) is 7.65. The number of allylic oxidation sites excluding steroid dienone is 2. The van der Waals surface area contributed by atoms with Crippen molar-refractivity contribution in [1.29, 1.82) is 0 Å². The normalized spacial score (nSPS) is 21.2. The van der Waals surface area contributed by atoms with Crippen LogP contribution in [-0.2, 0) is 4.84 Å². The molecule has 0 amide bonds. The summed E-state index contributed by atoms with van der Waals surface area (Å²) in [6, 6.07) is 0. The summed E-state index contributed by atoms with van der Waals surface area (Å²) in [5, 5.41) is 3.56. The van der Waals surface area contributed by atoms with Crippen molar-refractivity contribution in [2.45, 2.75) is 6.42 Å². The van der Waals surface area contributed by atoms with Gasteiger partial charge in [-0.05, 0) is 5.75 Å². The van der Waals surface area contributed by atoms with Gasteiger partial charge >= 0.3 is 6.08 Å². The lowest BCUT2D eigenvalue weighted by Gasteiger charge is -2.11. The van der Waals surface area contributed by atoms with E-state index < -0.39 is 22.8 Å². The Labute approximate surface area is 93.7 Å². The zero-order valence-corrected chi connectivity index (χ0v) is 9.42. The van der Waals surface area contributed by atoms with Gasteiger partial charge in [0.15, 0.2) is 5.83 Å². The second-order valence-electron chi connectivity index (χ2n) is 2.84. The third-order valence-corrected chi connectivity index (χ3v) is 3.82. The molecule has 1 atom stereocenters. The van der Waals surface area contributed by atoms with Gasteiger partial charge in [-0.2, -0.15) is 19.7 Å². The fourth-order valence-corrected chi connectivity index (χ4v) is 2.63. The van der Waals surface area contributed by atoms with Crippen LogP contribution in [0.15, 0.2) is 33.2 Å². The van der Waals surface area contributed by atoms with E-state index in [2.05, 4.69) is 15.0 Å². The highest BCUT2D eigenvalue weighted by Crippen LogP contribution is 2.37. The summed E-state index contributed by atoms with van der Waals surface area (Å²) in [6.45, 7) is 0. The van der Waals surface area contributed by atoms with Crippen molar-refractivity contribution in [3.05, 3.63) is 23.0 Å². The van der Waals surface area contributed by atoms with E-state index >= 15 is 0 Å². The Morgan fingerprint density at radius 1 is 1.56 bits per heavy atom. The predicted octanol–water partition coefficient (Wildman–Crippen LogP) is 2.97. The summed E-state index contributed by atoms with van der Waals surface area (Å²) in [5.41, 5.74) is 1.63. The molecule has 0 saturated carbocycles. The van der Waals surface area contributed by atoms with Crippen LogP contribution in [0.25, 0.3) is 0 Å². The number of thiol groups is 1. The molecule has 0 radical (unpaired) electrons. The summed E-state index contributed by atoms with van der Waals surface area (Å²) < 4.78 is 36.2. The molecule has 1 aliphatic heterocycles. The average molecular weight is 252 g/mol. The molecule has 0 N–H and O–H groups in total. The molecule has 0 aromatic rings. The van der Waals surface area contributed by atoms with Crippen LogP contribution in [0.3, 0.4) is 0 Å². The minimum absolute atomic E-state index is 0.280. The van der Waals surface area contributed by atoms with Crippen molar-refractivity contribution in [2.24, 2.45) is 10.1 Å². The second-order valence-corrected chi connectivity index (χ2v) is 4.98. The number of aliphatic imine (C=N–C) groups is 1. The molecule has 1 heterocycles. The van der Waals surface area contributed by atoms with Gasteiger partial charge in [0, 0.05) is 23.1 Å².